The molecule has 0 radical (unpaired) electrons. The number of nitrogens with zero attached hydrogens (tertiary/aromatic N) is 2. The van der Waals surface area contributed by atoms with Crippen LogP contribution in [-0.4, -0.2) is 114 Å². The molecule has 1 aromatic carbocycles. The number of hydrogen-bond acceptors (Lipinski definition) is 8. The smallest absolute Gasteiger partial charge is 0.119 e. The number of piperazine rings is 1. The summed E-state index contributed by atoms with van der Waals surface area (Å²) in [6, 6.07) is 6.88. The summed E-state index contributed by atoms with van der Waals surface area (Å²) >= 11 is 0. The molecule has 200 valence electrons. The molecule has 1 heterocycles. The average Bonchev–Trinajstić information content (AvgIpc) is 2.89. The van der Waals surface area contributed by atoms with Gasteiger partial charge in [-0.1, -0.05) is 19.8 Å². The van der Waals surface area contributed by atoms with E-state index in [0.29, 0.717) is 52.9 Å². The van der Waals surface area contributed by atoms with Crippen LogP contribution in [0.15, 0.2) is 24.3 Å². The van der Waals surface area contributed by atoms with E-state index in [1.54, 1.807) is 24.3 Å². The second kappa shape index (κ2) is 22.6. The van der Waals surface area contributed by atoms with Gasteiger partial charge in [0.25, 0.3) is 0 Å². The van der Waals surface area contributed by atoms with Gasteiger partial charge in [0.05, 0.1) is 52.9 Å². The summed E-state index contributed by atoms with van der Waals surface area (Å²) in [5, 5.41) is 9.28. The Morgan fingerprint density at radius 3 is 1.80 bits per heavy atom. The van der Waals surface area contributed by atoms with Crippen molar-refractivity contribution in [3.63, 3.8) is 0 Å². The van der Waals surface area contributed by atoms with Crippen LogP contribution in [0.25, 0.3) is 0 Å². The number of ether oxygens (including phenoxy) is 5. The first-order chi connectivity index (χ1) is 17.3. The standard InChI is InChI=1S/C25H40N2O6.C2H6/c1-2-15-29-18-20-31-22-23-32-21-19-30-17-14-27-12-10-26(11-13-27)9-3-4-16-33-25-7-5-24(28)6-8-25;1-2/h1,5-8,28H,3-4,9-23H2;1-2H3. The monoisotopic (exact) mass is 494 g/mol. The predicted octanol–water partition coefficient (Wildman–Crippen LogP) is 2.89. The lowest BCUT2D eigenvalue weighted by Gasteiger charge is -2.34. The van der Waals surface area contributed by atoms with Gasteiger partial charge in [-0.05, 0) is 43.7 Å². The molecule has 0 atom stereocenters. The van der Waals surface area contributed by atoms with Gasteiger partial charge in [-0.15, -0.1) is 6.42 Å². The zero-order valence-corrected chi connectivity index (χ0v) is 21.8. The van der Waals surface area contributed by atoms with Crippen LogP contribution in [0.3, 0.4) is 0 Å². The van der Waals surface area contributed by atoms with Gasteiger partial charge in [-0.2, -0.15) is 0 Å². The van der Waals surface area contributed by atoms with Gasteiger partial charge >= 0.3 is 0 Å². The number of unbranched alkanes of at least 4 members (excludes halogenated alkanes) is 1. The van der Waals surface area contributed by atoms with E-state index in [1.807, 2.05) is 13.8 Å². The fourth-order valence-corrected chi connectivity index (χ4v) is 3.39. The molecule has 1 aliphatic rings. The molecule has 0 aromatic heterocycles. The van der Waals surface area contributed by atoms with Crippen molar-refractivity contribution in [1.29, 1.82) is 0 Å². The zero-order valence-electron chi connectivity index (χ0n) is 21.8. The maximum atomic E-state index is 9.28. The molecule has 35 heavy (non-hydrogen) atoms. The molecule has 0 spiro atoms. The Morgan fingerprint density at radius 2 is 1.23 bits per heavy atom. The van der Waals surface area contributed by atoms with Gasteiger partial charge in [-0.3, -0.25) is 4.90 Å². The highest BCUT2D eigenvalue weighted by molar-refractivity contribution is 5.29. The molecular weight excluding hydrogens is 448 g/mol. The Kier molecular flexibility index (Phi) is 20.1. The highest BCUT2D eigenvalue weighted by atomic mass is 16.6. The number of terminal acetylenes is 1. The van der Waals surface area contributed by atoms with Gasteiger partial charge in [-0.25, -0.2) is 0 Å². The van der Waals surface area contributed by atoms with Crippen molar-refractivity contribution in [2.45, 2.75) is 26.7 Å². The Morgan fingerprint density at radius 1 is 0.714 bits per heavy atom. The summed E-state index contributed by atoms with van der Waals surface area (Å²) in [6.07, 6.45) is 7.25. The second-order valence-electron chi connectivity index (χ2n) is 7.83. The van der Waals surface area contributed by atoms with Crippen LogP contribution in [0.1, 0.15) is 26.7 Å². The fourth-order valence-electron chi connectivity index (χ4n) is 3.39. The Labute approximate surface area is 212 Å². The third-order valence-corrected chi connectivity index (χ3v) is 5.29. The van der Waals surface area contributed by atoms with Crippen molar-refractivity contribution in [3.05, 3.63) is 24.3 Å². The lowest BCUT2D eigenvalue weighted by molar-refractivity contribution is -0.00259. The molecule has 0 saturated carbocycles. The molecule has 8 nitrogen and oxygen atoms in total. The van der Waals surface area contributed by atoms with Crippen LogP contribution in [0, 0.1) is 12.3 Å². The van der Waals surface area contributed by atoms with E-state index in [0.717, 1.165) is 64.5 Å². The average molecular weight is 495 g/mol. The Bertz CT molecular complexity index is 630. The largest absolute Gasteiger partial charge is 0.508 e. The van der Waals surface area contributed by atoms with E-state index in [9.17, 15) is 5.11 Å². The van der Waals surface area contributed by atoms with Crippen LogP contribution >= 0.6 is 0 Å². The minimum Gasteiger partial charge on any atom is -0.508 e. The van der Waals surface area contributed by atoms with Crippen molar-refractivity contribution < 1.29 is 28.8 Å². The van der Waals surface area contributed by atoms with Crippen molar-refractivity contribution in [3.8, 4) is 23.8 Å². The molecule has 0 unspecified atom stereocenters. The summed E-state index contributed by atoms with van der Waals surface area (Å²) in [6.45, 7) is 15.6. The second-order valence-corrected chi connectivity index (χ2v) is 7.83. The van der Waals surface area contributed by atoms with Crippen molar-refractivity contribution in [2.24, 2.45) is 0 Å². The number of hydrogen-bond donors (Lipinski definition) is 1. The van der Waals surface area contributed by atoms with Crippen LogP contribution in [-0.2, 0) is 18.9 Å². The number of benzene rings is 1. The third kappa shape index (κ3) is 17.3. The molecule has 1 aliphatic heterocycles. The van der Waals surface area contributed by atoms with E-state index in [-0.39, 0.29) is 5.75 Å². The minimum absolute atomic E-state index is 0.263. The lowest BCUT2D eigenvalue weighted by Crippen LogP contribution is -2.47. The molecule has 1 fully saturated rings. The van der Waals surface area contributed by atoms with Gasteiger partial charge in [0.2, 0.25) is 0 Å². The van der Waals surface area contributed by atoms with Crippen LogP contribution < -0.4 is 4.74 Å². The van der Waals surface area contributed by atoms with Crippen LogP contribution in [0.4, 0.5) is 0 Å². The summed E-state index contributed by atoms with van der Waals surface area (Å²) in [5.74, 6) is 3.48. The first kappa shape index (κ1) is 31.2. The lowest BCUT2D eigenvalue weighted by atomic mass is 10.2. The molecule has 1 saturated heterocycles. The molecule has 0 bridgehead atoms. The molecule has 1 N–H and O–H groups in total. The summed E-state index contributed by atoms with van der Waals surface area (Å²) < 4.78 is 27.4. The van der Waals surface area contributed by atoms with E-state index in [1.165, 1.54) is 0 Å². The highest BCUT2D eigenvalue weighted by Crippen LogP contribution is 2.16. The van der Waals surface area contributed by atoms with E-state index in [4.69, 9.17) is 30.1 Å². The van der Waals surface area contributed by atoms with Crippen molar-refractivity contribution in [2.75, 3.05) is 98.7 Å². The molecule has 1 aromatic rings. The number of rotatable bonds is 19. The summed E-state index contributed by atoms with van der Waals surface area (Å²) in [5.41, 5.74) is 0. The number of aromatic hydroxyl groups is 1. The zero-order chi connectivity index (χ0) is 25.4. The van der Waals surface area contributed by atoms with Gasteiger partial charge in [0.1, 0.15) is 18.1 Å². The minimum atomic E-state index is 0.263. The normalized spacial score (nSPS) is 14.2. The molecule has 0 amide bonds. The topological polar surface area (TPSA) is 72.9 Å². The SMILES string of the molecule is C#CCOCCOCCOCCOCCN1CCN(CCCCOc2ccc(O)cc2)CC1.CC. The quantitative estimate of drug-likeness (QED) is 0.233. The maximum absolute atomic E-state index is 9.28. The molecular formula is C27H46N2O6. The summed E-state index contributed by atoms with van der Waals surface area (Å²) in [7, 11) is 0. The van der Waals surface area contributed by atoms with E-state index >= 15 is 0 Å². The van der Waals surface area contributed by atoms with E-state index in [2.05, 4.69) is 15.7 Å². The fraction of sp³-hybridized carbons (Fsp3) is 0.704. The Balaban J connectivity index is 0.00000298. The first-order valence-electron chi connectivity index (χ1n) is 12.9. The van der Waals surface area contributed by atoms with Crippen molar-refractivity contribution in [1.82, 2.24) is 9.80 Å². The summed E-state index contributed by atoms with van der Waals surface area (Å²) in [4.78, 5) is 4.98. The Hall–Kier alpha value is -1.86. The van der Waals surface area contributed by atoms with Gasteiger partial charge in [0.15, 0.2) is 0 Å². The van der Waals surface area contributed by atoms with E-state index < -0.39 is 0 Å². The van der Waals surface area contributed by atoms with Gasteiger partial charge in [0, 0.05) is 32.7 Å². The maximum Gasteiger partial charge on any atom is 0.119 e. The number of phenolic OH excluding ortho intramolecular Hbond substituents is 1. The predicted molar refractivity (Wildman–Crippen MR) is 139 cm³/mol. The van der Waals surface area contributed by atoms with Crippen molar-refractivity contribution >= 4 is 0 Å². The van der Waals surface area contributed by atoms with Crippen LogP contribution in [0.2, 0.25) is 0 Å². The molecule has 2 rings (SSSR count). The molecule has 0 aliphatic carbocycles. The first-order valence-corrected chi connectivity index (χ1v) is 12.9. The third-order valence-electron chi connectivity index (χ3n) is 5.29. The van der Waals surface area contributed by atoms with Gasteiger partial charge < -0.3 is 33.7 Å². The highest BCUT2D eigenvalue weighted by Gasteiger charge is 2.15. The van der Waals surface area contributed by atoms with Crippen LogP contribution in [0.5, 0.6) is 11.5 Å². The molecule has 8 heteroatoms. The number of phenols is 1.